The third kappa shape index (κ3) is 6.79. The molecule has 0 aromatic heterocycles. The average Bonchev–Trinajstić information content (AvgIpc) is 3.21. The molecule has 0 saturated heterocycles. The fraction of sp³-hybridized carbons (Fsp3) is 0.471. The smallest absolute Gasteiger partial charge is 0.131 e. The van der Waals surface area contributed by atoms with Crippen molar-refractivity contribution in [1.29, 1.82) is 0 Å². The van der Waals surface area contributed by atoms with Gasteiger partial charge in [0.15, 0.2) is 0 Å². The van der Waals surface area contributed by atoms with Crippen LogP contribution in [0.15, 0.2) is 71.6 Å². The molecule has 0 radical (unpaired) electrons. The molecule has 1 unspecified atom stereocenters. The van der Waals surface area contributed by atoms with Crippen molar-refractivity contribution in [2.75, 3.05) is 26.4 Å². The van der Waals surface area contributed by atoms with Crippen molar-refractivity contribution in [3.63, 3.8) is 0 Å². The van der Waals surface area contributed by atoms with Crippen molar-refractivity contribution < 1.29 is 9.26 Å². The first-order chi connectivity index (χ1) is 19.2. The highest BCUT2D eigenvalue weighted by Crippen LogP contribution is 2.50. The zero-order valence-electron chi connectivity index (χ0n) is 23.5. The summed E-state index contributed by atoms with van der Waals surface area (Å²) in [6.45, 7) is 3.41. The van der Waals surface area contributed by atoms with Crippen LogP contribution in [0.1, 0.15) is 86.5 Å². The van der Waals surface area contributed by atoms with E-state index in [1.54, 1.807) is 7.11 Å². The predicted molar refractivity (Wildman–Crippen MR) is 165 cm³/mol. The Morgan fingerprint density at radius 2 is 1.85 bits per heavy atom. The van der Waals surface area contributed by atoms with E-state index < -0.39 is 8.15 Å². The van der Waals surface area contributed by atoms with Crippen LogP contribution in [0.4, 0.5) is 0 Å². The second kappa shape index (κ2) is 13.7. The molecular weight excluding hydrogens is 501 g/mol. The van der Waals surface area contributed by atoms with Crippen LogP contribution in [-0.4, -0.2) is 26.4 Å². The molecule has 1 heterocycles. The Morgan fingerprint density at radius 3 is 2.59 bits per heavy atom. The Hall–Kier alpha value is -2.55. The lowest BCUT2D eigenvalue weighted by molar-refractivity contribution is 0.216. The molecule has 39 heavy (non-hydrogen) atoms. The van der Waals surface area contributed by atoms with Gasteiger partial charge in [0, 0.05) is 24.1 Å². The van der Waals surface area contributed by atoms with Crippen LogP contribution in [-0.2, 0) is 15.7 Å². The lowest BCUT2D eigenvalue weighted by Crippen LogP contribution is -2.20. The van der Waals surface area contributed by atoms with E-state index >= 15 is 0 Å². The van der Waals surface area contributed by atoms with Gasteiger partial charge in [0.25, 0.3) is 0 Å². The molecule has 1 aliphatic heterocycles. The fourth-order valence-corrected chi connectivity index (χ4v) is 8.17. The second-order valence-electron chi connectivity index (χ2n) is 11.1. The molecule has 1 fully saturated rings. The van der Waals surface area contributed by atoms with E-state index in [1.807, 2.05) is 0 Å². The van der Waals surface area contributed by atoms with Gasteiger partial charge in [-0.15, -0.1) is 0 Å². The van der Waals surface area contributed by atoms with E-state index in [-0.39, 0.29) is 0 Å². The van der Waals surface area contributed by atoms with E-state index in [9.17, 15) is 4.91 Å². The topological polar surface area (TPSA) is 47.9 Å². The van der Waals surface area contributed by atoms with Crippen molar-refractivity contribution in [2.24, 2.45) is 11.1 Å². The Kier molecular flexibility index (Phi) is 9.82. The number of fused-ring (bicyclic) bond motifs is 3. The molecule has 0 N–H and O–H groups in total. The number of unbranched alkanes of at least 4 members (excludes halogenated alkanes) is 1. The quantitative estimate of drug-likeness (QED) is 0.161. The molecule has 4 nitrogen and oxygen atoms in total. The fourth-order valence-electron chi connectivity index (χ4n) is 6.23. The van der Waals surface area contributed by atoms with Crippen LogP contribution >= 0.6 is 8.15 Å². The van der Waals surface area contributed by atoms with Crippen molar-refractivity contribution in [2.45, 2.75) is 70.6 Å². The monoisotopic (exact) mass is 543 g/mol. The molecule has 2 aromatic carbocycles. The van der Waals surface area contributed by atoms with E-state index in [1.165, 1.54) is 70.8 Å². The minimum absolute atomic E-state index is 0.396. The normalized spacial score (nSPS) is 22.4. The third-order valence-electron chi connectivity index (χ3n) is 8.64. The minimum Gasteiger partial charge on any atom is -0.469 e. The van der Waals surface area contributed by atoms with Gasteiger partial charge in [0.2, 0.25) is 0 Å². The maximum Gasteiger partial charge on any atom is 0.131 e. The summed E-state index contributed by atoms with van der Waals surface area (Å²) in [6, 6.07) is 16.2. The Labute approximate surface area is 235 Å². The van der Waals surface area contributed by atoms with Gasteiger partial charge in [0.1, 0.15) is 13.9 Å². The first-order valence-corrected chi connectivity index (χ1v) is 16.2. The van der Waals surface area contributed by atoms with E-state index in [0.29, 0.717) is 19.1 Å². The van der Waals surface area contributed by atoms with Gasteiger partial charge in [0.05, 0.1) is 13.2 Å². The van der Waals surface area contributed by atoms with Crippen LogP contribution in [0.25, 0.3) is 11.1 Å². The van der Waals surface area contributed by atoms with Gasteiger partial charge in [-0.25, -0.2) is 0 Å². The first kappa shape index (κ1) is 28.0. The van der Waals surface area contributed by atoms with Gasteiger partial charge >= 0.3 is 0 Å². The molecule has 5 rings (SSSR count). The highest BCUT2D eigenvalue weighted by atomic mass is 31.1. The lowest BCUT2D eigenvalue weighted by Gasteiger charge is -2.30. The van der Waals surface area contributed by atoms with Crippen LogP contribution in [0.3, 0.4) is 0 Å². The van der Waals surface area contributed by atoms with Crippen molar-refractivity contribution in [3.05, 3.63) is 93.6 Å². The molecule has 1 saturated carbocycles. The maximum atomic E-state index is 10.4. The van der Waals surface area contributed by atoms with Gasteiger partial charge in [-0.3, -0.25) is 0 Å². The number of aryl methyl sites for hydroxylation is 1. The average molecular weight is 544 g/mol. The summed E-state index contributed by atoms with van der Waals surface area (Å²) < 4.78 is 12.2. The molecule has 3 aliphatic rings. The standard InChI is InChI=1S/C34H42NO3P/c1-3-25-10-13-27(14-11-25)28-15-17-29(18-16-28)30-8-6-9-31-32-19-12-26(7-4-5-20-35-36)23-34(32)39(22-21-37-2)38-33(31)24-30/h8-9,12,15-19,23-25,27H,3-7,10-11,13-14,20-22H2,1-2H3. The molecule has 5 heteroatoms. The Morgan fingerprint density at radius 1 is 1.03 bits per heavy atom. The number of allylic oxidation sites excluding steroid dienone is 5. The van der Waals surface area contributed by atoms with Crippen LogP contribution < -0.4 is 5.30 Å². The maximum absolute atomic E-state index is 10.4. The summed E-state index contributed by atoms with van der Waals surface area (Å²) in [6.07, 6.45) is 18.1. The number of rotatable bonds is 11. The number of hydrogen-bond acceptors (Lipinski definition) is 4. The summed E-state index contributed by atoms with van der Waals surface area (Å²) in [7, 11) is 0.934. The molecule has 1 atom stereocenters. The zero-order chi connectivity index (χ0) is 27.0. The number of nitrogens with zero attached hydrogens (tertiary/aromatic N) is 1. The van der Waals surface area contributed by atoms with E-state index in [2.05, 4.69) is 72.8 Å². The molecule has 2 aromatic rings. The number of methoxy groups -OCH3 is 1. The molecular formula is C34H42NO3P. The minimum atomic E-state index is -0.824. The van der Waals surface area contributed by atoms with Crippen molar-refractivity contribution >= 4 is 24.6 Å². The molecule has 0 bridgehead atoms. The second-order valence-corrected chi connectivity index (χ2v) is 13.0. The highest BCUT2D eigenvalue weighted by molar-refractivity contribution is 7.61. The zero-order valence-corrected chi connectivity index (χ0v) is 24.4. The first-order valence-electron chi connectivity index (χ1n) is 14.8. The van der Waals surface area contributed by atoms with Gasteiger partial charge in [-0.05, 0) is 103 Å². The van der Waals surface area contributed by atoms with E-state index in [4.69, 9.17) is 9.26 Å². The Balaban J connectivity index is 1.35. The van der Waals surface area contributed by atoms with Gasteiger partial charge in [-0.1, -0.05) is 67.1 Å². The summed E-state index contributed by atoms with van der Waals surface area (Å²) in [5.74, 6) is 2.63. The summed E-state index contributed by atoms with van der Waals surface area (Å²) >= 11 is 0. The van der Waals surface area contributed by atoms with Crippen molar-refractivity contribution in [3.8, 4) is 0 Å². The number of nitroso groups, excluding NO2 is 1. The van der Waals surface area contributed by atoms with Crippen molar-refractivity contribution in [1.82, 2.24) is 0 Å². The lowest BCUT2D eigenvalue weighted by atomic mass is 9.77. The molecule has 0 amide bonds. The van der Waals surface area contributed by atoms with Gasteiger partial charge in [-0.2, -0.15) is 4.91 Å². The summed E-state index contributed by atoms with van der Waals surface area (Å²) in [4.78, 5) is 10.4. The molecule has 206 valence electrons. The number of hydrogen-bond donors (Lipinski definition) is 0. The van der Waals surface area contributed by atoms with Crippen LogP contribution in [0.5, 0.6) is 0 Å². The van der Waals surface area contributed by atoms with E-state index in [0.717, 1.165) is 43.5 Å². The SMILES string of the molecule is CCC1CCC(c2ccc(C3=CCC=C4C(=C3)OP(CCOC)c3cc(CCCCN=O)ccc34)cc2)CC1. The summed E-state index contributed by atoms with van der Waals surface area (Å²) in [5.41, 5.74) is 7.80. The number of ether oxygens (including phenoxy) is 1. The predicted octanol–water partition coefficient (Wildman–Crippen LogP) is 8.91. The molecule has 2 aliphatic carbocycles. The highest BCUT2D eigenvalue weighted by Gasteiger charge is 2.30. The number of benzene rings is 2. The Bertz CT molecular complexity index is 1220. The third-order valence-corrected chi connectivity index (χ3v) is 10.6. The van der Waals surface area contributed by atoms with Crippen LogP contribution in [0.2, 0.25) is 0 Å². The van der Waals surface area contributed by atoms with Gasteiger partial charge < -0.3 is 9.26 Å². The molecule has 0 spiro atoms. The summed E-state index contributed by atoms with van der Waals surface area (Å²) in [5, 5.41) is 4.30. The largest absolute Gasteiger partial charge is 0.469 e. The van der Waals surface area contributed by atoms with Crippen LogP contribution in [0, 0.1) is 10.8 Å².